The fourth-order valence-corrected chi connectivity index (χ4v) is 1.82. The molecule has 1 aromatic rings. The predicted molar refractivity (Wildman–Crippen MR) is 67.9 cm³/mol. The van der Waals surface area contributed by atoms with Crippen molar-refractivity contribution in [2.45, 2.75) is 13.0 Å². The third-order valence-electron chi connectivity index (χ3n) is 2.54. The summed E-state index contributed by atoms with van der Waals surface area (Å²) in [6, 6.07) is 3.49. The van der Waals surface area contributed by atoms with Crippen LogP contribution in [0.3, 0.4) is 0 Å². The first-order valence-electron chi connectivity index (χ1n) is 5.33. The van der Waals surface area contributed by atoms with Crippen LogP contribution in [0.5, 0.6) is 0 Å². The van der Waals surface area contributed by atoms with Gasteiger partial charge in [-0.15, -0.1) is 11.3 Å². The molecule has 0 saturated heterocycles. The van der Waals surface area contributed by atoms with Gasteiger partial charge in [-0.1, -0.05) is 6.07 Å². The highest BCUT2D eigenvalue weighted by molar-refractivity contribution is 7.12. The van der Waals surface area contributed by atoms with Gasteiger partial charge in [-0.05, 0) is 18.4 Å². The fourth-order valence-electron chi connectivity index (χ4n) is 1.18. The number of amides is 2. The second-order valence-corrected chi connectivity index (χ2v) is 4.70. The molecule has 0 bridgehead atoms. The molecule has 1 unspecified atom stereocenters. The lowest BCUT2D eigenvalue weighted by atomic mass is 10.3. The van der Waals surface area contributed by atoms with E-state index in [-0.39, 0.29) is 24.4 Å². The van der Waals surface area contributed by atoms with Gasteiger partial charge in [0.2, 0.25) is 5.91 Å². The maximum Gasteiger partial charge on any atom is 0.261 e. The first-order chi connectivity index (χ1) is 8.06. The largest absolute Gasteiger partial charge is 0.342 e. The number of nitrogens with one attached hydrogen (secondary N) is 1. The van der Waals surface area contributed by atoms with Crippen LogP contribution in [0, 0.1) is 0 Å². The van der Waals surface area contributed by atoms with Crippen LogP contribution in [-0.2, 0) is 4.79 Å². The smallest absolute Gasteiger partial charge is 0.261 e. The average molecular weight is 255 g/mol. The Balaban J connectivity index is 2.41. The monoisotopic (exact) mass is 255 g/mol. The molecule has 2 amide bonds. The van der Waals surface area contributed by atoms with E-state index in [2.05, 4.69) is 5.32 Å². The minimum Gasteiger partial charge on any atom is -0.342 e. The normalized spacial score (nSPS) is 11.9. The van der Waals surface area contributed by atoms with Crippen LogP contribution in [0.2, 0.25) is 0 Å². The number of rotatable bonds is 5. The molecule has 0 aromatic carbocycles. The van der Waals surface area contributed by atoms with E-state index in [1.54, 1.807) is 19.2 Å². The highest BCUT2D eigenvalue weighted by atomic mass is 32.1. The fraction of sp³-hybridized carbons (Fsp3) is 0.455. The maximum absolute atomic E-state index is 11.7. The zero-order chi connectivity index (χ0) is 12.8. The molecule has 0 fully saturated rings. The molecule has 17 heavy (non-hydrogen) atoms. The lowest BCUT2D eigenvalue weighted by Gasteiger charge is -2.23. The summed E-state index contributed by atoms with van der Waals surface area (Å²) in [5.41, 5.74) is 5.46. The summed E-state index contributed by atoms with van der Waals surface area (Å²) in [6.45, 7) is 2.26. The Morgan fingerprint density at radius 3 is 2.82 bits per heavy atom. The zero-order valence-corrected chi connectivity index (χ0v) is 10.8. The third kappa shape index (κ3) is 3.83. The SMILES string of the molecule is CC(CN)N(C)C(=O)CNC(=O)c1cccs1. The minimum absolute atomic E-state index is 0.00241. The van der Waals surface area contributed by atoms with E-state index in [1.807, 2.05) is 12.3 Å². The van der Waals surface area contributed by atoms with Gasteiger partial charge >= 0.3 is 0 Å². The molecule has 6 heteroatoms. The van der Waals surface area contributed by atoms with Crippen molar-refractivity contribution in [3.63, 3.8) is 0 Å². The van der Waals surface area contributed by atoms with Gasteiger partial charge in [-0.25, -0.2) is 0 Å². The van der Waals surface area contributed by atoms with Crippen LogP contribution < -0.4 is 11.1 Å². The molecule has 0 aliphatic heterocycles. The Morgan fingerprint density at radius 2 is 2.29 bits per heavy atom. The van der Waals surface area contributed by atoms with Crippen molar-refractivity contribution in [1.82, 2.24) is 10.2 Å². The van der Waals surface area contributed by atoms with Crippen molar-refractivity contribution < 1.29 is 9.59 Å². The summed E-state index contributed by atoms with van der Waals surface area (Å²) in [7, 11) is 1.68. The second kappa shape index (κ2) is 6.36. The van der Waals surface area contributed by atoms with Gasteiger partial charge < -0.3 is 16.0 Å². The van der Waals surface area contributed by atoms with E-state index < -0.39 is 0 Å². The summed E-state index contributed by atoms with van der Waals surface area (Å²) in [5, 5.41) is 4.40. The Kier molecular flexibility index (Phi) is 5.11. The summed E-state index contributed by atoms with van der Waals surface area (Å²) < 4.78 is 0. The van der Waals surface area contributed by atoms with Gasteiger partial charge in [-0.3, -0.25) is 9.59 Å². The van der Waals surface area contributed by atoms with Crippen molar-refractivity contribution in [2.24, 2.45) is 5.73 Å². The lowest BCUT2D eigenvalue weighted by molar-refractivity contribution is -0.130. The predicted octanol–water partition coefficient (Wildman–Crippen LogP) is 0.284. The number of hydrogen-bond acceptors (Lipinski definition) is 4. The van der Waals surface area contributed by atoms with Crippen molar-refractivity contribution in [2.75, 3.05) is 20.1 Å². The van der Waals surface area contributed by atoms with E-state index in [0.29, 0.717) is 11.4 Å². The summed E-state index contributed by atoms with van der Waals surface area (Å²) in [5.74, 6) is -0.366. The van der Waals surface area contributed by atoms with Crippen LogP contribution in [-0.4, -0.2) is 42.9 Å². The van der Waals surface area contributed by atoms with Crippen molar-refractivity contribution in [1.29, 1.82) is 0 Å². The van der Waals surface area contributed by atoms with Crippen LogP contribution in [0.4, 0.5) is 0 Å². The van der Waals surface area contributed by atoms with Gasteiger partial charge in [0.05, 0.1) is 11.4 Å². The van der Waals surface area contributed by atoms with Crippen molar-refractivity contribution in [3.8, 4) is 0 Å². The number of nitrogens with zero attached hydrogens (tertiary/aromatic N) is 1. The van der Waals surface area contributed by atoms with Gasteiger partial charge in [0.25, 0.3) is 5.91 Å². The molecule has 1 aromatic heterocycles. The molecule has 0 aliphatic rings. The van der Waals surface area contributed by atoms with Crippen LogP contribution in [0.25, 0.3) is 0 Å². The molecule has 0 radical (unpaired) electrons. The number of nitrogens with two attached hydrogens (primary N) is 1. The van der Waals surface area contributed by atoms with Gasteiger partial charge in [0.15, 0.2) is 0 Å². The Hall–Kier alpha value is -1.40. The number of likely N-dealkylation sites (N-methyl/N-ethyl adjacent to an activating group) is 1. The van der Waals surface area contributed by atoms with Crippen molar-refractivity contribution >= 4 is 23.2 Å². The Bertz CT molecular complexity index is 378. The average Bonchev–Trinajstić information content (AvgIpc) is 2.87. The number of carbonyl (C=O) groups is 2. The molecule has 1 rings (SSSR count). The molecule has 0 aliphatic carbocycles. The lowest BCUT2D eigenvalue weighted by Crippen LogP contribution is -2.44. The van der Waals surface area contributed by atoms with Crippen LogP contribution in [0.1, 0.15) is 16.6 Å². The summed E-state index contributed by atoms with van der Waals surface area (Å²) >= 11 is 1.34. The van der Waals surface area contributed by atoms with Gasteiger partial charge in [0, 0.05) is 19.6 Å². The summed E-state index contributed by atoms with van der Waals surface area (Å²) in [6.07, 6.45) is 0. The zero-order valence-electron chi connectivity index (χ0n) is 9.97. The molecule has 1 heterocycles. The standard InChI is InChI=1S/C11H17N3O2S/c1-8(6-12)14(2)10(15)7-13-11(16)9-4-3-5-17-9/h3-5,8H,6-7,12H2,1-2H3,(H,13,16). The highest BCUT2D eigenvalue weighted by Crippen LogP contribution is 2.07. The molecule has 94 valence electrons. The van der Waals surface area contributed by atoms with Crippen molar-refractivity contribution in [3.05, 3.63) is 22.4 Å². The quantitative estimate of drug-likeness (QED) is 0.793. The van der Waals surface area contributed by atoms with Crippen LogP contribution in [0.15, 0.2) is 17.5 Å². The summed E-state index contributed by atoms with van der Waals surface area (Å²) in [4.78, 5) is 25.4. The Morgan fingerprint density at radius 1 is 1.59 bits per heavy atom. The molecular weight excluding hydrogens is 238 g/mol. The molecule has 3 N–H and O–H groups in total. The number of carbonyl (C=O) groups excluding carboxylic acids is 2. The van der Waals surface area contributed by atoms with E-state index >= 15 is 0 Å². The number of hydrogen-bond donors (Lipinski definition) is 2. The molecule has 1 atom stereocenters. The minimum atomic E-state index is -0.220. The first kappa shape index (κ1) is 13.7. The van der Waals surface area contributed by atoms with E-state index in [4.69, 9.17) is 5.73 Å². The Labute approximate surface area is 105 Å². The topological polar surface area (TPSA) is 75.4 Å². The highest BCUT2D eigenvalue weighted by Gasteiger charge is 2.15. The van der Waals surface area contributed by atoms with E-state index in [0.717, 1.165) is 0 Å². The van der Waals surface area contributed by atoms with Gasteiger partial charge in [-0.2, -0.15) is 0 Å². The second-order valence-electron chi connectivity index (χ2n) is 3.75. The van der Waals surface area contributed by atoms with E-state index in [1.165, 1.54) is 16.2 Å². The molecule has 0 saturated carbocycles. The maximum atomic E-state index is 11.7. The van der Waals surface area contributed by atoms with E-state index in [9.17, 15) is 9.59 Å². The first-order valence-corrected chi connectivity index (χ1v) is 6.21. The molecule has 5 nitrogen and oxygen atoms in total. The van der Waals surface area contributed by atoms with Crippen LogP contribution >= 0.6 is 11.3 Å². The molecule has 0 spiro atoms. The van der Waals surface area contributed by atoms with Gasteiger partial charge in [0.1, 0.15) is 0 Å². The third-order valence-corrected chi connectivity index (χ3v) is 3.41. The number of thiophene rings is 1. The molecular formula is C11H17N3O2S.